The molecule has 5 rings (SSSR count). The quantitative estimate of drug-likeness (QED) is 0.400. The van der Waals surface area contributed by atoms with Gasteiger partial charge in [-0.1, -0.05) is 30.0 Å². The third kappa shape index (κ3) is 3.86. The summed E-state index contributed by atoms with van der Waals surface area (Å²) in [5.74, 6) is 1.54. The van der Waals surface area contributed by atoms with E-state index in [1.807, 2.05) is 18.2 Å². The van der Waals surface area contributed by atoms with Crippen LogP contribution in [0.15, 0.2) is 51.4 Å². The number of hydrogen-bond donors (Lipinski definition) is 0. The van der Waals surface area contributed by atoms with E-state index < -0.39 is 0 Å². The number of para-hydroxylation sites is 1. The van der Waals surface area contributed by atoms with Crippen molar-refractivity contribution in [2.75, 3.05) is 23.7 Å². The van der Waals surface area contributed by atoms with Gasteiger partial charge in [-0.25, -0.2) is 9.78 Å². The summed E-state index contributed by atoms with van der Waals surface area (Å²) in [6, 6.07) is 10.2. The van der Waals surface area contributed by atoms with Crippen LogP contribution in [0.25, 0.3) is 16.9 Å². The predicted octanol–water partition coefficient (Wildman–Crippen LogP) is 1.80. The highest BCUT2D eigenvalue weighted by molar-refractivity contribution is 7.99. The smallest absolute Gasteiger partial charge is 0.332 e. The Bertz CT molecular complexity index is 1400. The molecular weight excluding hydrogens is 440 g/mol. The molecule has 0 spiro atoms. The van der Waals surface area contributed by atoms with E-state index in [2.05, 4.69) is 36.8 Å². The minimum Gasteiger partial charge on any atom is -0.341 e. The summed E-state index contributed by atoms with van der Waals surface area (Å²) >= 11 is 1.59. The molecule has 0 radical (unpaired) electrons. The van der Waals surface area contributed by atoms with Crippen LogP contribution in [-0.4, -0.2) is 52.3 Å². The highest BCUT2D eigenvalue weighted by atomic mass is 32.2. The van der Waals surface area contributed by atoms with Crippen LogP contribution in [0.3, 0.4) is 0 Å². The molecule has 33 heavy (non-hydrogen) atoms. The van der Waals surface area contributed by atoms with Gasteiger partial charge >= 0.3 is 5.69 Å². The number of piperidine rings is 1. The van der Waals surface area contributed by atoms with Crippen molar-refractivity contribution < 1.29 is 0 Å². The highest BCUT2D eigenvalue weighted by Gasteiger charge is 2.21. The van der Waals surface area contributed by atoms with Gasteiger partial charge in [0.2, 0.25) is 5.95 Å². The summed E-state index contributed by atoms with van der Waals surface area (Å²) in [4.78, 5) is 31.5. The number of aromatic nitrogens is 7. The van der Waals surface area contributed by atoms with Gasteiger partial charge in [-0.05, 0) is 31.4 Å². The Kier molecular flexibility index (Phi) is 5.79. The summed E-state index contributed by atoms with van der Waals surface area (Å²) in [6.07, 6.45) is 5.19. The van der Waals surface area contributed by atoms with Crippen LogP contribution in [0.4, 0.5) is 5.95 Å². The van der Waals surface area contributed by atoms with Crippen LogP contribution < -0.4 is 16.1 Å². The summed E-state index contributed by atoms with van der Waals surface area (Å²) < 4.78 is 6.44. The first-order valence-electron chi connectivity index (χ1n) is 11.1. The Morgan fingerprint density at radius 3 is 2.48 bits per heavy atom. The summed E-state index contributed by atoms with van der Waals surface area (Å²) in [5.41, 5.74) is 1.14. The molecule has 11 heteroatoms. The molecule has 0 saturated carbocycles. The average Bonchev–Trinajstić information content (AvgIpc) is 3.47. The molecule has 1 saturated heterocycles. The number of anilines is 1. The molecule has 0 N–H and O–H groups in total. The van der Waals surface area contributed by atoms with Crippen LogP contribution in [0.5, 0.6) is 0 Å². The first-order valence-corrected chi connectivity index (χ1v) is 12.0. The van der Waals surface area contributed by atoms with E-state index in [1.54, 1.807) is 29.7 Å². The van der Waals surface area contributed by atoms with E-state index in [9.17, 15) is 9.59 Å². The van der Waals surface area contributed by atoms with Crippen molar-refractivity contribution >= 4 is 28.9 Å². The lowest BCUT2D eigenvalue weighted by Gasteiger charge is -2.27. The first kappa shape index (κ1) is 21.5. The maximum absolute atomic E-state index is 12.7. The number of rotatable bonds is 6. The van der Waals surface area contributed by atoms with Gasteiger partial charge in [-0.15, -0.1) is 10.2 Å². The molecule has 1 aliphatic heterocycles. The Labute approximate surface area is 194 Å². The first-order chi connectivity index (χ1) is 16.1. The molecule has 10 nitrogen and oxygen atoms in total. The predicted molar refractivity (Wildman–Crippen MR) is 128 cm³/mol. The van der Waals surface area contributed by atoms with E-state index >= 15 is 0 Å². The number of imidazole rings is 1. The van der Waals surface area contributed by atoms with Crippen LogP contribution in [-0.2, 0) is 20.6 Å². The maximum atomic E-state index is 12.7. The minimum absolute atomic E-state index is 0.338. The monoisotopic (exact) mass is 466 g/mol. The molecule has 1 fully saturated rings. The fourth-order valence-electron chi connectivity index (χ4n) is 4.26. The second-order valence-corrected chi connectivity index (χ2v) is 9.23. The Morgan fingerprint density at radius 2 is 1.73 bits per heavy atom. The van der Waals surface area contributed by atoms with Crippen molar-refractivity contribution in [3.8, 4) is 5.69 Å². The molecular formula is C22H26N8O2S. The Hall–Kier alpha value is -3.34. The van der Waals surface area contributed by atoms with Gasteiger partial charge in [0.1, 0.15) is 0 Å². The van der Waals surface area contributed by atoms with E-state index in [0.717, 1.165) is 47.3 Å². The van der Waals surface area contributed by atoms with Crippen LogP contribution in [0.2, 0.25) is 0 Å². The number of hydrogen-bond acceptors (Lipinski definition) is 7. The topological polar surface area (TPSA) is 95.8 Å². The standard InChI is InChI=1S/C22H26N8O2S/c1-26-18-17(19(31)27(2)22(26)32)29(15-23-18)13-14-33-21-25-24-20(28-11-7-4-8-12-28)30(21)16-9-5-3-6-10-16/h3,5-6,9-10,15H,4,7-8,11-14H2,1-2H3. The Morgan fingerprint density at radius 1 is 0.970 bits per heavy atom. The van der Waals surface area contributed by atoms with Crippen molar-refractivity contribution in [2.45, 2.75) is 31.0 Å². The third-order valence-corrected chi connectivity index (χ3v) is 6.96. The SMILES string of the molecule is Cn1c(=O)c2c(ncn2CCSc2nnc(N3CCCCC3)n2-c2ccccc2)n(C)c1=O. The molecule has 3 aromatic heterocycles. The molecule has 4 heterocycles. The van der Waals surface area contributed by atoms with Crippen LogP contribution >= 0.6 is 11.8 Å². The number of benzene rings is 1. The van der Waals surface area contributed by atoms with E-state index in [-0.39, 0.29) is 11.2 Å². The zero-order valence-corrected chi connectivity index (χ0v) is 19.5. The Balaban J connectivity index is 1.42. The lowest BCUT2D eigenvalue weighted by atomic mass is 10.1. The van der Waals surface area contributed by atoms with Gasteiger partial charge in [-0.3, -0.25) is 18.5 Å². The van der Waals surface area contributed by atoms with Gasteiger partial charge in [0.05, 0.1) is 12.0 Å². The zero-order chi connectivity index (χ0) is 22.9. The van der Waals surface area contributed by atoms with Crippen molar-refractivity contribution in [3.05, 3.63) is 57.5 Å². The number of thioether (sulfide) groups is 1. The second-order valence-electron chi connectivity index (χ2n) is 8.17. The third-order valence-electron chi connectivity index (χ3n) is 6.05. The van der Waals surface area contributed by atoms with E-state index in [1.165, 1.54) is 18.0 Å². The molecule has 172 valence electrons. The molecule has 4 aromatic rings. The van der Waals surface area contributed by atoms with Crippen LogP contribution in [0.1, 0.15) is 19.3 Å². The fourth-order valence-corrected chi connectivity index (χ4v) is 5.14. The van der Waals surface area contributed by atoms with Crippen molar-refractivity contribution in [1.82, 2.24) is 33.4 Å². The largest absolute Gasteiger partial charge is 0.341 e. The van der Waals surface area contributed by atoms with Gasteiger partial charge in [0, 0.05) is 39.5 Å². The van der Waals surface area contributed by atoms with Crippen molar-refractivity contribution in [2.24, 2.45) is 14.1 Å². The lowest BCUT2D eigenvalue weighted by molar-refractivity contribution is 0.564. The molecule has 1 aliphatic rings. The van der Waals surface area contributed by atoms with E-state index in [4.69, 9.17) is 0 Å². The van der Waals surface area contributed by atoms with Gasteiger partial charge in [-0.2, -0.15) is 0 Å². The average molecular weight is 467 g/mol. The van der Waals surface area contributed by atoms with Crippen molar-refractivity contribution in [1.29, 1.82) is 0 Å². The van der Waals surface area contributed by atoms with Gasteiger partial charge < -0.3 is 9.47 Å². The molecule has 0 atom stereocenters. The molecule has 0 amide bonds. The normalized spacial score (nSPS) is 14.3. The lowest BCUT2D eigenvalue weighted by Crippen LogP contribution is -2.37. The second kappa shape index (κ2) is 8.89. The molecule has 0 unspecified atom stereocenters. The van der Waals surface area contributed by atoms with Gasteiger partial charge in [0.15, 0.2) is 16.3 Å². The summed E-state index contributed by atoms with van der Waals surface area (Å²) in [5, 5.41) is 9.85. The van der Waals surface area contributed by atoms with E-state index in [0.29, 0.717) is 23.5 Å². The maximum Gasteiger partial charge on any atom is 0.332 e. The minimum atomic E-state index is -0.381. The fraction of sp³-hybridized carbons (Fsp3) is 0.409. The van der Waals surface area contributed by atoms with Gasteiger partial charge in [0.25, 0.3) is 5.56 Å². The number of nitrogens with zero attached hydrogens (tertiary/aromatic N) is 8. The highest BCUT2D eigenvalue weighted by Crippen LogP contribution is 2.28. The zero-order valence-electron chi connectivity index (χ0n) is 18.7. The van der Waals surface area contributed by atoms with Crippen molar-refractivity contribution in [3.63, 3.8) is 0 Å². The number of fused-ring (bicyclic) bond motifs is 1. The summed E-state index contributed by atoms with van der Waals surface area (Å²) in [7, 11) is 3.11. The molecule has 1 aromatic carbocycles. The number of aryl methyl sites for hydroxylation is 2. The van der Waals surface area contributed by atoms with Crippen LogP contribution in [0, 0.1) is 0 Å². The summed E-state index contributed by atoms with van der Waals surface area (Å²) in [6.45, 7) is 2.52. The molecule has 0 aliphatic carbocycles. The molecule has 0 bridgehead atoms.